The number of aliphatic carboxylic acids is 1. The van der Waals surface area contributed by atoms with E-state index in [9.17, 15) is 14.7 Å². The average molecular weight is 298 g/mol. The highest BCUT2D eigenvalue weighted by Crippen LogP contribution is 2.37. The zero-order valence-corrected chi connectivity index (χ0v) is 14.0. The number of hydrogen-bond acceptors (Lipinski definition) is 2. The number of nitrogens with one attached hydrogen (secondary N) is 1. The fourth-order valence-electron chi connectivity index (χ4n) is 3.00. The molecule has 1 aliphatic rings. The van der Waals surface area contributed by atoms with Gasteiger partial charge in [0.15, 0.2) is 0 Å². The average Bonchev–Trinajstić information content (AvgIpc) is 2.43. The lowest BCUT2D eigenvalue weighted by molar-refractivity contribution is -0.142. The lowest BCUT2D eigenvalue weighted by Crippen LogP contribution is -2.55. The molecule has 0 aromatic heterocycles. The van der Waals surface area contributed by atoms with Crippen molar-refractivity contribution in [3.8, 4) is 0 Å². The Morgan fingerprint density at radius 1 is 1.19 bits per heavy atom. The largest absolute Gasteiger partial charge is 0.480 e. The molecule has 0 aliphatic carbocycles. The maximum atomic E-state index is 12.3. The SMILES string of the molecule is CCC1(CC)CCN(C(=O)N[C@@H](C(=O)O)C(C)(C)C)CC1. The van der Waals surface area contributed by atoms with Crippen LogP contribution in [0.1, 0.15) is 60.3 Å². The fraction of sp³-hybridized carbons (Fsp3) is 0.875. The molecule has 0 saturated carbocycles. The van der Waals surface area contributed by atoms with Crippen molar-refractivity contribution in [2.75, 3.05) is 13.1 Å². The van der Waals surface area contributed by atoms with Gasteiger partial charge in [0.1, 0.15) is 6.04 Å². The Labute approximate surface area is 128 Å². The molecule has 0 spiro atoms. The first-order valence-corrected chi connectivity index (χ1v) is 7.93. The molecule has 2 N–H and O–H groups in total. The Morgan fingerprint density at radius 2 is 1.67 bits per heavy atom. The minimum absolute atomic E-state index is 0.252. The van der Waals surface area contributed by atoms with Crippen LogP contribution in [0.25, 0.3) is 0 Å². The van der Waals surface area contributed by atoms with Gasteiger partial charge in [-0.05, 0) is 23.7 Å². The molecule has 1 aliphatic heterocycles. The molecule has 21 heavy (non-hydrogen) atoms. The van der Waals surface area contributed by atoms with Crippen LogP contribution in [0.2, 0.25) is 0 Å². The van der Waals surface area contributed by atoms with Crippen molar-refractivity contribution in [2.45, 2.75) is 66.3 Å². The smallest absolute Gasteiger partial charge is 0.326 e. The van der Waals surface area contributed by atoms with E-state index in [0.717, 1.165) is 25.7 Å². The summed E-state index contributed by atoms with van der Waals surface area (Å²) in [6, 6.07) is -1.12. The highest BCUT2D eigenvalue weighted by molar-refractivity contribution is 5.83. The van der Waals surface area contributed by atoms with E-state index >= 15 is 0 Å². The number of carbonyl (C=O) groups excluding carboxylic acids is 1. The number of hydrogen-bond donors (Lipinski definition) is 2. The molecule has 5 nitrogen and oxygen atoms in total. The molecule has 5 heteroatoms. The molecule has 1 fully saturated rings. The van der Waals surface area contributed by atoms with Crippen LogP contribution in [-0.2, 0) is 4.79 Å². The van der Waals surface area contributed by atoms with Gasteiger partial charge in [0.2, 0.25) is 0 Å². The van der Waals surface area contributed by atoms with Crippen LogP contribution in [0.3, 0.4) is 0 Å². The number of carboxylic acid groups (broad SMARTS) is 1. The summed E-state index contributed by atoms with van der Waals surface area (Å²) in [6.07, 6.45) is 4.28. The van der Waals surface area contributed by atoms with Crippen LogP contribution < -0.4 is 5.32 Å². The van der Waals surface area contributed by atoms with Crippen molar-refractivity contribution in [1.29, 1.82) is 0 Å². The van der Waals surface area contributed by atoms with Gasteiger partial charge in [0.25, 0.3) is 0 Å². The maximum Gasteiger partial charge on any atom is 0.326 e. The summed E-state index contributed by atoms with van der Waals surface area (Å²) >= 11 is 0. The first kappa shape index (κ1) is 17.8. The quantitative estimate of drug-likeness (QED) is 0.838. The predicted molar refractivity (Wildman–Crippen MR) is 83.2 cm³/mol. The molecule has 0 unspecified atom stereocenters. The molecule has 0 aromatic rings. The molecule has 1 saturated heterocycles. The van der Waals surface area contributed by atoms with Crippen LogP contribution in [-0.4, -0.2) is 41.1 Å². The predicted octanol–water partition coefficient (Wildman–Crippen LogP) is 3.10. The van der Waals surface area contributed by atoms with Gasteiger partial charge in [-0.1, -0.05) is 47.5 Å². The Kier molecular flexibility index (Phi) is 5.65. The van der Waals surface area contributed by atoms with Gasteiger partial charge in [-0.15, -0.1) is 0 Å². The van der Waals surface area contributed by atoms with Crippen LogP contribution in [0, 0.1) is 10.8 Å². The standard InChI is InChI=1S/C16H30N2O3/c1-6-16(7-2)8-10-18(11-9-16)14(21)17-12(13(19)20)15(3,4)5/h12H,6-11H2,1-5H3,(H,17,21)(H,19,20)/t12-/m0/s1. The summed E-state index contributed by atoms with van der Waals surface area (Å²) in [6.45, 7) is 11.3. The topological polar surface area (TPSA) is 69.6 Å². The normalized spacial score (nSPS) is 20.0. The molecule has 2 amide bonds. The summed E-state index contributed by atoms with van der Waals surface area (Å²) in [5, 5.41) is 12.0. The lowest BCUT2D eigenvalue weighted by Gasteiger charge is -2.41. The molecular weight excluding hydrogens is 268 g/mol. The van der Waals surface area contributed by atoms with Crippen LogP contribution >= 0.6 is 0 Å². The Hall–Kier alpha value is -1.26. The van der Waals surface area contributed by atoms with Crippen molar-refractivity contribution in [1.82, 2.24) is 10.2 Å². The Balaban J connectivity index is 2.64. The van der Waals surface area contributed by atoms with Crippen molar-refractivity contribution in [3.63, 3.8) is 0 Å². The monoisotopic (exact) mass is 298 g/mol. The van der Waals surface area contributed by atoms with E-state index in [4.69, 9.17) is 0 Å². The van der Waals surface area contributed by atoms with Crippen molar-refractivity contribution >= 4 is 12.0 Å². The summed E-state index contributed by atoms with van der Waals surface area (Å²) in [5.41, 5.74) is -0.152. The third-order valence-electron chi connectivity index (χ3n) is 4.99. The first-order valence-electron chi connectivity index (χ1n) is 7.93. The number of piperidine rings is 1. The number of urea groups is 1. The molecule has 0 bridgehead atoms. The number of likely N-dealkylation sites (tertiary alicyclic amines) is 1. The molecular formula is C16H30N2O3. The molecule has 0 radical (unpaired) electrons. The van der Waals surface area contributed by atoms with E-state index in [2.05, 4.69) is 19.2 Å². The van der Waals surface area contributed by atoms with E-state index in [1.54, 1.807) is 4.90 Å². The van der Waals surface area contributed by atoms with E-state index in [1.165, 1.54) is 0 Å². The van der Waals surface area contributed by atoms with E-state index < -0.39 is 17.4 Å². The van der Waals surface area contributed by atoms with Crippen LogP contribution in [0.4, 0.5) is 4.79 Å². The molecule has 1 rings (SSSR count). The zero-order valence-electron chi connectivity index (χ0n) is 14.0. The summed E-state index contributed by atoms with van der Waals surface area (Å²) in [7, 11) is 0. The van der Waals surface area contributed by atoms with Crippen molar-refractivity contribution < 1.29 is 14.7 Å². The molecule has 1 atom stereocenters. The minimum Gasteiger partial charge on any atom is -0.480 e. The highest BCUT2D eigenvalue weighted by atomic mass is 16.4. The van der Waals surface area contributed by atoms with Gasteiger partial charge in [-0.3, -0.25) is 0 Å². The summed E-state index contributed by atoms with van der Waals surface area (Å²) in [5.74, 6) is -0.982. The minimum atomic E-state index is -0.982. The number of carboxylic acids is 1. The van der Waals surface area contributed by atoms with Crippen LogP contribution in [0.5, 0.6) is 0 Å². The Morgan fingerprint density at radius 3 is 2.00 bits per heavy atom. The number of carbonyl (C=O) groups is 2. The fourth-order valence-corrected chi connectivity index (χ4v) is 3.00. The summed E-state index contributed by atoms with van der Waals surface area (Å²) in [4.78, 5) is 25.4. The second kappa shape index (κ2) is 6.67. The molecule has 122 valence electrons. The zero-order chi connectivity index (χ0) is 16.3. The lowest BCUT2D eigenvalue weighted by atomic mass is 9.74. The highest BCUT2D eigenvalue weighted by Gasteiger charge is 2.36. The van der Waals surface area contributed by atoms with Gasteiger partial charge in [0.05, 0.1) is 0 Å². The maximum absolute atomic E-state index is 12.3. The van der Waals surface area contributed by atoms with Gasteiger partial charge >= 0.3 is 12.0 Å². The Bertz CT molecular complexity index is 373. The summed E-state index contributed by atoms with van der Waals surface area (Å²) < 4.78 is 0. The third-order valence-corrected chi connectivity index (χ3v) is 4.99. The van der Waals surface area contributed by atoms with E-state index in [-0.39, 0.29) is 6.03 Å². The number of rotatable bonds is 4. The van der Waals surface area contributed by atoms with Crippen molar-refractivity contribution in [3.05, 3.63) is 0 Å². The molecule has 1 heterocycles. The third kappa shape index (κ3) is 4.35. The van der Waals surface area contributed by atoms with Gasteiger partial charge in [-0.25, -0.2) is 9.59 Å². The number of amides is 2. The molecule has 0 aromatic carbocycles. The first-order chi connectivity index (χ1) is 9.65. The van der Waals surface area contributed by atoms with Crippen molar-refractivity contribution in [2.24, 2.45) is 10.8 Å². The number of nitrogens with zero attached hydrogens (tertiary/aromatic N) is 1. The second-order valence-electron chi connectivity index (χ2n) is 7.28. The van der Waals surface area contributed by atoms with E-state index in [1.807, 2.05) is 20.8 Å². The van der Waals surface area contributed by atoms with E-state index in [0.29, 0.717) is 18.5 Å². The second-order valence-corrected chi connectivity index (χ2v) is 7.28. The van der Waals surface area contributed by atoms with Gasteiger partial charge in [0, 0.05) is 13.1 Å². The van der Waals surface area contributed by atoms with Crippen LogP contribution in [0.15, 0.2) is 0 Å². The van der Waals surface area contributed by atoms with Gasteiger partial charge in [-0.2, -0.15) is 0 Å². The van der Waals surface area contributed by atoms with Gasteiger partial charge < -0.3 is 15.3 Å².